The van der Waals surface area contributed by atoms with Crippen molar-refractivity contribution in [3.8, 4) is 0 Å². The number of amides is 1. The largest absolute Gasteiger partial charge is 0.468 e. The molecule has 1 saturated carbocycles. The van der Waals surface area contributed by atoms with Gasteiger partial charge in [0.25, 0.3) is 0 Å². The number of benzene rings is 1. The maximum atomic E-state index is 11.9. The summed E-state index contributed by atoms with van der Waals surface area (Å²) < 4.78 is 4.66. The smallest absolute Gasteiger partial charge is 0.321 e. The Hall–Kier alpha value is -2.10. The number of rotatable bonds is 5. The van der Waals surface area contributed by atoms with Gasteiger partial charge in [-0.1, -0.05) is 42.5 Å². The Kier molecular flexibility index (Phi) is 4.00. The number of ether oxygens (including phenoxy) is 1. The zero-order valence-electron chi connectivity index (χ0n) is 10.9. The van der Waals surface area contributed by atoms with Crippen molar-refractivity contribution in [1.29, 1.82) is 0 Å². The van der Waals surface area contributed by atoms with Crippen molar-refractivity contribution in [2.45, 2.75) is 12.8 Å². The lowest BCUT2D eigenvalue weighted by Gasteiger charge is -2.11. The number of carbonyl (C=O) groups excluding carboxylic acids is 2. The number of carbonyl (C=O) groups is 2. The Morgan fingerprint density at radius 1 is 1.32 bits per heavy atom. The molecule has 4 heteroatoms. The lowest BCUT2D eigenvalue weighted by molar-refractivity contribution is -0.152. The average molecular weight is 259 g/mol. The maximum absolute atomic E-state index is 11.9. The SMILES string of the molecule is COC(=O)C1(C(=O)NCC=Cc2ccccc2)CC1. The molecular formula is C15H17NO3. The summed E-state index contributed by atoms with van der Waals surface area (Å²) in [6.45, 7) is 0.409. The molecule has 2 rings (SSSR count). The molecule has 19 heavy (non-hydrogen) atoms. The number of hydrogen-bond donors (Lipinski definition) is 1. The average Bonchev–Trinajstić information content (AvgIpc) is 3.25. The lowest BCUT2D eigenvalue weighted by atomic mass is 10.1. The van der Waals surface area contributed by atoms with Gasteiger partial charge >= 0.3 is 5.97 Å². The molecular weight excluding hydrogens is 242 g/mol. The van der Waals surface area contributed by atoms with E-state index in [9.17, 15) is 9.59 Å². The summed E-state index contributed by atoms with van der Waals surface area (Å²) in [5, 5.41) is 2.74. The zero-order valence-corrected chi connectivity index (χ0v) is 10.9. The van der Waals surface area contributed by atoms with E-state index < -0.39 is 11.4 Å². The Labute approximate surface area is 112 Å². The van der Waals surface area contributed by atoms with Gasteiger partial charge in [-0.05, 0) is 18.4 Å². The lowest BCUT2D eigenvalue weighted by Crippen LogP contribution is -2.37. The van der Waals surface area contributed by atoms with Crippen molar-refractivity contribution in [2.24, 2.45) is 5.41 Å². The molecule has 1 N–H and O–H groups in total. The molecule has 0 radical (unpaired) electrons. The van der Waals surface area contributed by atoms with Crippen LogP contribution < -0.4 is 5.32 Å². The highest BCUT2D eigenvalue weighted by Crippen LogP contribution is 2.46. The van der Waals surface area contributed by atoms with Gasteiger partial charge in [0.2, 0.25) is 5.91 Å². The first-order valence-electron chi connectivity index (χ1n) is 6.27. The highest BCUT2D eigenvalue weighted by molar-refractivity contribution is 6.05. The Morgan fingerprint density at radius 2 is 2.00 bits per heavy atom. The van der Waals surface area contributed by atoms with Crippen LogP contribution in [0.5, 0.6) is 0 Å². The third-order valence-corrected chi connectivity index (χ3v) is 3.25. The summed E-state index contributed by atoms with van der Waals surface area (Å²) in [6, 6.07) is 9.82. The van der Waals surface area contributed by atoms with Crippen molar-refractivity contribution < 1.29 is 14.3 Å². The Bertz CT molecular complexity index is 489. The summed E-state index contributed by atoms with van der Waals surface area (Å²) in [5.74, 6) is -0.672. The molecule has 0 unspecified atom stereocenters. The standard InChI is InChI=1S/C15H17NO3/c1-19-14(18)15(9-10-15)13(17)16-11-5-8-12-6-3-2-4-7-12/h2-8H,9-11H2,1H3,(H,16,17). The van der Waals surface area contributed by atoms with E-state index in [1.807, 2.05) is 42.5 Å². The fraction of sp³-hybridized carbons (Fsp3) is 0.333. The van der Waals surface area contributed by atoms with Crippen LogP contribution in [0.3, 0.4) is 0 Å². The number of esters is 1. The van der Waals surface area contributed by atoms with Gasteiger partial charge in [-0.25, -0.2) is 0 Å². The molecule has 1 aromatic carbocycles. The van der Waals surface area contributed by atoms with E-state index in [0.717, 1.165) is 5.56 Å². The second-order valence-electron chi connectivity index (χ2n) is 4.60. The van der Waals surface area contributed by atoms with Gasteiger partial charge in [-0.3, -0.25) is 9.59 Å². The molecule has 100 valence electrons. The third-order valence-electron chi connectivity index (χ3n) is 3.25. The Morgan fingerprint density at radius 3 is 2.58 bits per heavy atom. The number of hydrogen-bond acceptors (Lipinski definition) is 3. The summed E-state index contributed by atoms with van der Waals surface area (Å²) in [4.78, 5) is 23.4. The van der Waals surface area contributed by atoms with Crippen LogP contribution in [0.2, 0.25) is 0 Å². The summed E-state index contributed by atoms with van der Waals surface area (Å²) >= 11 is 0. The normalized spacial score (nSPS) is 16.1. The van der Waals surface area contributed by atoms with Gasteiger partial charge in [-0.2, -0.15) is 0 Å². The van der Waals surface area contributed by atoms with Gasteiger partial charge in [0.05, 0.1) is 7.11 Å². The third kappa shape index (κ3) is 3.02. The van der Waals surface area contributed by atoms with Gasteiger partial charge in [0, 0.05) is 6.54 Å². The summed E-state index contributed by atoms with van der Waals surface area (Å²) in [5.41, 5.74) is 0.154. The monoisotopic (exact) mass is 259 g/mol. The van der Waals surface area contributed by atoms with Crippen LogP contribution in [0.25, 0.3) is 6.08 Å². The molecule has 0 spiro atoms. The summed E-state index contributed by atoms with van der Waals surface area (Å²) in [6.07, 6.45) is 4.94. The minimum Gasteiger partial charge on any atom is -0.468 e. The molecule has 0 aliphatic heterocycles. The van der Waals surface area contributed by atoms with Crippen LogP contribution in [0, 0.1) is 5.41 Å². The van der Waals surface area contributed by atoms with Gasteiger partial charge in [0.15, 0.2) is 0 Å². The summed E-state index contributed by atoms with van der Waals surface area (Å²) in [7, 11) is 1.31. The van der Waals surface area contributed by atoms with E-state index in [1.165, 1.54) is 7.11 Å². The van der Waals surface area contributed by atoms with E-state index >= 15 is 0 Å². The number of methoxy groups -OCH3 is 1. The van der Waals surface area contributed by atoms with Gasteiger partial charge in [-0.15, -0.1) is 0 Å². The molecule has 0 atom stereocenters. The minimum absolute atomic E-state index is 0.239. The van der Waals surface area contributed by atoms with E-state index in [1.54, 1.807) is 0 Å². The predicted octanol–water partition coefficient (Wildman–Crippen LogP) is 1.77. The second-order valence-corrected chi connectivity index (χ2v) is 4.60. The minimum atomic E-state index is -0.921. The molecule has 0 saturated heterocycles. The van der Waals surface area contributed by atoms with Crippen LogP contribution in [-0.4, -0.2) is 25.5 Å². The van der Waals surface area contributed by atoms with Crippen molar-refractivity contribution in [3.05, 3.63) is 42.0 Å². The van der Waals surface area contributed by atoms with Crippen molar-refractivity contribution in [1.82, 2.24) is 5.32 Å². The van der Waals surface area contributed by atoms with Crippen LogP contribution in [0.4, 0.5) is 0 Å². The predicted molar refractivity (Wildman–Crippen MR) is 72.2 cm³/mol. The molecule has 1 fully saturated rings. The molecule has 0 bridgehead atoms. The van der Waals surface area contributed by atoms with E-state index in [0.29, 0.717) is 19.4 Å². The second kappa shape index (κ2) is 5.69. The maximum Gasteiger partial charge on any atom is 0.321 e. The first kappa shape index (κ1) is 13.3. The van der Waals surface area contributed by atoms with E-state index in [-0.39, 0.29) is 5.91 Å². The van der Waals surface area contributed by atoms with Crippen LogP contribution in [0.15, 0.2) is 36.4 Å². The van der Waals surface area contributed by atoms with Gasteiger partial charge in [0.1, 0.15) is 5.41 Å². The first-order valence-corrected chi connectivity index (χ1v) is 6.27. The Balaban J connectivity index is 1.82. The van der Waals surface area contributed by atoms with Crippen LogP contribution >= 0.6 is 0 Å². The van der Waals surface area contributed by atoms with Crippen LogP contribution in [-0.2, 0) is 14.3 Å². The molecule has 4 nitrogen and oxygen atoms in total. The molecule has 1 aliphatic carbocycles. The molecule has 1 aromatic rings. The van der Waals surface area contributed by atoms with E-state index in [2.05, 4.69) is 10.1 Å². The van der Waals surface area contributed by atoms with Gasteiger partial charge < -0.3 is 10.1 Å². The van der Waals surface area contributed by atoms with E-state index in [4.69, 9.17) is 0 Å². The first-order chi connectivity index (χ1) is 9.19. The highest BCUT2D eigenvalue weighted by atomic mass is 16.5. The fourth-order valence-corrected chi connectivity index (χ4v) is 1.92. The van der Waals surface area contributed by atoms with Crippen molar-refractivity contribution in [3.63, 3.8) is 0 Å². The fourth-order valence-electron chi connectivity index (χ4n) is 1.92. The highest BCUT2D eigenvalue weighted by Gasteiger charge is 2.57. The van der Waals surface area contributed by atoms with Crippen LogP contribution in [0.1, 0.15) is 18.4 Å². The quantitative estimate of drug-likeness (QED) is 0.647. The topological polar surface area (TPSA) is 55.4 Å². The molecule has 0 heterocycles. The molecule has 0 aromatic heterocycles. The van der Waals surface area contributed by atoms with Crippen molar-refractivity contribution >= 4 is 18.0 Å². The van der Waals surface area contributed by atoms with Crippen molar-refractivity contribution in [2.75, 3.05) is 13.7 Å². The molecule has 1 aliphatic rings. The number of nitrogens with one attached hydrogen (secondary N) is 1. The zero-order chi connectivity index (χ0) is 13.7. The molecule has 1 amide bonds.